The highest BCUT2D eigenvalue weighted by Crippen LogP contribution is 2.28. The van der Waals surface area contributed by atoms with Gasteiger partial charge in [0.15, 0.2) is 0 Å². The van der Waals surface area contributed by atoms with Gasteiger partial charge in [0, 0.05) is 12.6 Å². The van der Waals surface area contributed by atoms with E-state index in [2.05, 4.69) is 17.3 Å². The topological polar surface area (TPSA) is 41.3 Å². The summed E-state index contributed by atoms with van der Waals surface area (Å²) in [5.74, 6) is 1.60. The van der Waals surface area contributed by atoms with Crippen molar-refractivity contribution in [3.8, 4) is 0 Å². The number of nitrogens with two attached hydrogens (primary N) is 1. The molecule has 0 spiro atoms. The van der Waals surface area contributed by atoms with E-state index in [0.717, 1.165) is 18.4 Å². The zero-order valence-corrected chi connectivity index (χ0v) is 9.21. The molecule has 3 N–H and O–H groups in total. The molecule has 0 bridgehead atoms. The number of likely N-dealkylation sites (tertiary alicyclic amines) is 1. The second-order valence-electron chi connectivity index (χ2n) is 4.99. The van der Waals surface area contributed by atoms with Gasteiger partial charge in [-0.15, -0.1) is 0 Å². The number of piperidine rings is 2. The van der Waals surface area contributed by atoms with E-state index in [1.807, 2.05) is 0 Å². The van der Waals surface area contributed by atoms with Gasteiger partial charge in [0.05, 0.1) is 0 Å². The molecule has 0 radical (unpaired) electrons. The minimum absolute atomic E-state index is 0.402. The third-order valence-corrected chi connectivity index (χ3v) is 3.86. The van der Waals surface area contributed by atoms with E-state index in [4.69, 9.17) is 5.73 Å². The van der Waals surface area contributed by atoms with Crippen LogP contribution in [0.5, 0.6) is 0 Å². The van der Waals surface area contributed by atoms with E-state index in [1.165, 1.54) is 38.9 Å². The Hall–Kier alpha value is -0.120. The molecule has 2 saturated heterocycles. The van der Waals surface area contributed by atoms with Gasteiger partial charge in [0.25, 0.3) is 0 Å². The Morgan fingerprint density at radius 1 is 1.36 bits per heavy atom. The highest BCUT2D eigenvalue weighted by atomic mass is 15.1. The van der Waals surface area contributed by atoms with Crippen molar-refractivity contribution in [2.24, 2.45) is 17.6 Å². The molecule has 2 rings (SSSR count). The number of nitrogens with one attached hydrogen (secondary N) is 1. The standard InChI is InChI=1S/C11H23N3/c1-14-6-4-10(11(12)8-14)9-3-2-5-13-7-9/h9-11,13H,2-8,12H2,1H3. The van der Waals surface area contributed by atoms with Crippen LogP contribution in [-0.2, 0) is 0 Å². The highest BCUT2D eigenvalue weighted by Gasteiger charge is 2.31. The molecule has 0 saturated carbocycles. The number of hydrogen-bond donors (Lipinski definition) is 2. The normalized spacial score (nSPS) is 41.1. The Morgan fingerprint density at radius 3 is 2.86 bits per heavy atom. The van der Waals surface area contributed by atoms with Crippen molar-refractivity contribution in [2.75, 3.05) is 33.2 Å². The fraction of sp³-hybridized carbons (Fsp3) is 1.00. The summed E-state index contributed by atoms with van der Waals surface area (Å²) < 4.78 is 0. The van der Waals surface area contributed by atoms with Crippen molar-refractivity contribution >= 4 is 0 Å². The van der Waals surface area contributed by atoms with E-state index in [0.29, 0.717) is 6.04 Å². The first-order chi connectivity index (χ1) is 6.77. The van der Waals surface area contributed by atoms with Gasteiger partial charge in [0.2, 0.25) is 0 Å². The minimum Gasteiger partial charge on any atom is -0.326 e. The van der Waals surface area contributed by atoms with Crippen LogP contribution in [0.4, 0.5) is 0 Å². The van der Waals surface area contributed by atoms with E-state index in [-0.39, 0.29) is 0 Å². The summed E-state index contributed by atoms with van der Waals surface area (Å²) in [6.45, 7) is 4.72. The van der Waals surface area contributed by atoms with E-state index in [1.54, 1.807) is 0 Å². The maximum atomic E-state index is 6.23. The van der Waals surface area contributed by atoms with Crippen LogP contribution >= 0.6 is 0 Å². The molecule has 82 valence electrons. The van der Waals surface area contributed by atoms with Crippen molar-refractivity contribution in [1.29, 1.82) is 0 Å². The molecule has 2 fully saturated rings. The molecule has 3 nitrogen and oxygen atoms in total. The van der Waals surface area contributed by atoms with Crippen LogP contribution in [0.15, 0.2) is 0 Å². The van der Waals surface area contributed by atoms with Gasteiger partial charge in [-0.25, -0.2) is 0 Å². The predicted molar refractivity (Wildman–Crippen MR) is 59.2 cm³/mol. The molecule has 2 aliphatic heterocycles. The monoisotopic (exact) mass is 197 g/mol. The average molecular weight is 197 g/mol. The third kappa shape index (κ3) is 2.27. The molecular weight excluding hydrogens is 174 g/mol. The summed E-state index contributed by atoms with van der Waals surface area (Å²) in [6.07, 6.45) is 4.02. The first kappa shape index (κ1) is 10.4. The van der Waals surface area contributed by atoms with Gasteiger partial charge in [-0.2, -0.15) is 0 Å². The lowest BCUT2D eigenvalue weighted by atomic mass is 9.78. The van der Waals surface area contributed by atoms with Crippen molar-refractivity contribution in [2.45, 2.75) is 25.3 Å². The van der Waals surface area contributed by atoms with Crippen molar-refractivity contribution < 1.29 is 0 Å². The van der Waals surface area contributed by atoms with Crippen molar-refractivity contribution in [1.82, 2.24) is 10.2 Å². The van der Waals surface area contributed by atoms with Crippen LogP contribution in [0.1, 0.15) is 19.3 Å². The van der Waals surface area contributed by atoms with Crippen LogP contribution in [0.25, 0.3) is 0 Å². The Labute approximate surface area is 87.0 Å². The molecular formula is C11H23N3. The van der Waals surface area contributed by atoms with E-state index in [9.17, 15) is 0 Å². The SMILES string of the molecule is CN1CCC(C2CCCNC2)C(N)C1. The van der Waals surface area contributed by atoms with Gasteiger partial charge in [-0.05, 0) is 57.8 Å². The Balaban J connectivity index is 1.89. The quantitative estimate of drug-likeness (QED) is 0.634. The van der Waals surface area contributed by atoms with Crippen LogP contribution < -0.4 is 11.1 Å². The lowest BCUT2D eigenvalue weighted by Gasteiger charge is -2.40. The second-order valence-corrected chi connectivity index (χ2v) is 4.99. The van der Waals surface area contributed by atoms with Crippen LogP contribution in [0, 0.1) is 11.8 Å². The Kier molecular flexibility index (Phi) is 3.42. The fourth-order valence-corrected chi connectivity index (χ4v) is 3.00. The van der Waals surface area contributed by atoms with Crippen LogP contribution in [-0.4, -0.2) is 44.2 Å². The number of likely N-dealkylation sites (N-methyl/N-ethyl adjacent to an activating group) is 1. The first-order valence-electron chi connectivity index (χ1n) is 5.92. The zero-order valence-electron chi connectivity index (χ0n) is 9.21. The summed E-state index contributed by atoms with van der Waals surface area (Å²) in [5.41, 5.74) is 6.23. The molecule has 3 heteroatoms. The van der Waals surface area contributed by atoms with E-state index < -0.39 is 0 Å². The highest BCUT2D eigenvalue weighted by molar-refractivity contribution is 4.88. The molecule has 2 aliphatic rings. The Bertz CT molecular complexity index is 177. The van der Waals surface area contributed by atoms with Crippen molar-refractivity contribution in [3.05, 3.63) is 0 Å². The maximum Gasteiger partial charge on any atom is 0.0199 e. The lowest BCUT2D eigenvalue weighted by molar-refractivity contribution is 0.128. The van der Waals surface area contributed by atoms with E-state index >= 15 is 0 Å². The van der Waals surface area contributed by atoms with Crippen molar-refractivity contribution in [3.63, 3.8) is 0 Å². The Morgan fingerprint density at radius 2 is 2.21 bits per heavy atom. The number of rotatable bonds is 1. The van der Waals surface area contributed by atoms with Gasteiger partial charge >= 0.3 is 0 Å². The predicted octanol–water partition coefficient (Wildman–Crippen LogP) is 0.265. The summed E-state index contributed by atoms with van der Waals surface area (Å²) in [5, 5.41) is 3.49. The summed E-state index contributed by atoms with van der Waals surface area (Å²) in [4.78, 5) is 2.36. The molecule has 0 aromatic heterocycles. The molecule has 0 amide bonds. The molecule has 3 unspecified atom stereocenters. The molecule has 0 aromatic carbocycles. The summed E-state index contributed by atoms with van der Waals surface area (Å²) in [6, 6.07) is 0.402. The molecule has 2 heterocycles. The lowest BCUT2D eigenvalue weighted by Crippen LogP contribution is -2.51. The molecule has 14 heavy (non-hydrogen) atoms. The van der Waals surface area contributed by atoms with Crippen LogP contribution in [0.3, 0.4) is 0 Å². The molecule has 0 aromatic rings. The molecule has 0 aliphatic carbocycles. The fourth-order valence-electron chi connectivity index (χ4n) is 3.00. The van der Waals surface area contributed by atoms with Crippen LogP contribution in [0.2, 0.25) is 0 Å². The molecule has 3 atom stereocenters. The zero-order chi connectivity index (χ0) is 9.97. The first-order valence-corrected chi connectivity index (χ1v) is 5.92. The van der Waals surface area contributed by atoms with Gasteiger partial charge in [0.1, 0.15) is 0 Å². The summed E-state index contributed by atoms with van der Waals surface area (Å²) >= 11 is 0. The third-order valence-electron chi connectivity index (χ3n) is 3.86. The van der Waals surface area contributed by atoms with Gasteiger partial charge < -0.3 is 16.0 Å². The summed E-state index contributed by atoms with van der Waals surface area (Å²) in [7, 11) is 2.18. The largest absolute Gasteiger partial charge is 0.326 e. The maximum absolute atomic E-state index is 6.23. The second kappa shape index (κ2) is 4.60. The van der Waals surface area contributed by atoms with Gasteiger partial charge in [-0.1, -0.05) is 0 Å². The minimum atomic E-state index is 0.402. The van der Waals surface area contributed by atoms with Gasteiger partial charge in [-0.3, -0.25) is 0 Å². The number of nitrogens with zero attached hydrogens (tertiary/aromatic N) is 1. The average Bonchev–Trinajstić information content (AvgIpc) is 2.19. The number of hydrogen-bond acceptors (Lipinski definition) is 3. The smallest absolute Gasteiger partial charge is 0.0199 e.